The summed E-state index contributed by atoms with van der Waals surface area (Å²) in [6.45, 7) is 0.715. The quantitative estimate of drug-likeness (QED) is 0.790. The molecule has 20 heavy (non-hydrogen) atoms. The Kier molecular flexibility index (Phi) is 3.83. The normalized spacial score (nSPS) is 17.9. The molecule has 0 saturated carbocycles. The monoisotopic (exact) mass is 271 g/mol. The molecule has 0 aromatic heterocycles. The van der Waals surface area contributed by atoms with Gasteiger partial charge in [-0.3, -0.25) is 0 Å². The molecule has 0 amide bonds. The zero-order valence-corrected chi connectivity index (χ0v) is 11.2. The van der Waals surface area contributed by atoms with Crippen LogP contribution in [0.1, 0.15) is 0 Å². The Morgan fingerprint density at radius 3 is 2.55 bits per heavy atom. The van der Waals surface area contributed by atoms with Crippen LogP contribution in [-0.2, 0) is 0 Å². The molecule has 1 atom stereocenters. The van der Waals surface area contributed by atoms with E-state index in [4.69, 9.17) is 9.47 Å². The van der Waals surface area contributed by atoms with Crippen molar-refractivity contribution < 1.29 is 9.47 Å². The van der Waals surface area contributed by atoms with Crippen LogP contribution < -0.4 is 25.9 Å². The van der Waals surface area contributed by atoms with Crippen molar-refractivity contribution in [2.45, 2.75) is 6.23 Å². The molecule has 2 aromatic rings. The van der Waals surface area contributed by atoms with Crippen molar-refractivity contribution in [3.63, 3.8) is 0 Å². The lowest BCUT2D eigenvalue weighted by atomic mass is 10.1. The van der Waals surface area contributed by atoms with E-state index >= 15 is 0 Å². The predicted octanol–water partition coefficient (Wildman–Crippen LogP) is 1.68. The molecule has 5 heteroatoms. The molecule has 3 N–H and O–H groups in total. The van der Waals surface area contributed by atoms with Gasteiger partial charge in [0.15, 0.2) is 6.23 Å². The van der Waals surface area contributed by atoms with Crippen molar-refractivity contribution in [2.24, 2.45) is 0 Å². The van der Waals surface area contributed by atoms with Gasteiger partial charge in [0.25, 0.3) is 0 Å². The summed E-state index contributed by atoms with van der Waals surface area (Å²) in [6, 6.07) is 16.0. The molecule has 0 bridgehead atoms. The summed E-state index contributed by atoms with van der Waals surface area (Å²) in [5.41, 5.74) is 11.0. The van der Waals surface area contributed by atoms with Crippen LogP contribution in [0.5, 0.6) is 11.5 Å². The van der Waals surface area contributed by atoms with E-state index in [9.17, 15) is 0 Å². The Labute approximate surface area is 117 Å². The number of hydrogen-bond donors (Lipinski definition) is 3. The summed E-state index contributed by atoms with van der Waals surface area (Å²) in [5.74, 6) is 1.69. The molecule has 0 radical (unpaired) electrons. The third-order valence-electron chi connectivity index (χ3n) is 3.14. The number of rotatable bonds is 4. The highest BCUT2D eigenvalue weighted by Crippen LogP contribution is 2.26. The average Bonchev–Trinajstić information content (AvgIpc) is 3.01. The van der Waals surface area contributed by atoms with Gasteiger partial charge in [-0.2, -0.15) is 5.53 Å². The van der Waals surface area contributed by atoms with E-state index in [0.717, 1.165) is 22.6 Å². The molecule has 1 heterocycles. The molecule has 1 fully saturated rings. The Bertz CT molecular complexity index is 566. The maximum absolute atomic E-state index is 5.82. The molecule has 1 aliphatic rings. The van der Waals surface area contributed by atoms with Crippen molar-refractivity contribution in [2.75, 3.05) is 13.7 Å². The lowest BCUT2D eigenvalue weighted by molar-refractivity contribution is 0.191. The highest BCUT2D eigenvalue weighted by molar-refractivity contribution is 5.65. The van der Waals surface area contributed by atoms with E-state index in [1.807, 2.05) is 42.5 Å². The first-order valence-electron chi connectivity index (χ1n) is 6.50. The fraction of sp³-hybridized carbons (Fsp3) is 0.200. The molecule has 0 spiro atoms. The Morgan fingerprint density at radius 2 is 1.85 bits per heavy atom. The fourth-order valence-corrected chi connectivity index (χ4v) is 2.09. The third-order valence-corrected chi connectivity index (χ3v) is 3.14. The van der Waals surface area contributed by atoms with Crippen LogP contribution in [-0.4, -0.2) is 19.9 Å². The largest absolute Gasteiger partial charge is 0.497 e. The number of hydrogen-bond acceptors (Lipinski definition) is 5. The summed E-state index contributed by atoms with van der Waals surface area (Å²) < 4.78 is 11.0. The number of nitrogens with one attached hydrogen (secondary N) is 3. The van der Waals surface area contributed by atoms with E-state index in [0.29, 0.717) is 6.54 Å². The average molecular weight is 271 g/mol. The van der Waals surface area contributed by atoms with Crippen molar-refractivity contribution in [1.82, 2.24) is 16.4 Å². The van der Waals surface area contributed by atoms with E-state index in [1.165, 1.54) is 0 Å². The number of methoxy groups -OCH3 is 1. The van der Waals surface area contributed by atoms with Gasteiger partial charge < -0.3 is 9.47 Å². The minimum Gasteiger partial charge on any atom is -0.497 e. The van der Waals surface area contributed by atoms with E-state index < -0.39 is 0 Å². The van der Waals surface area contributed by atoms with Crippen molar-refractivity contribution >= 4 is 0 Å². The van der Waals surface area contributed by atoms with Gasteiger partial charge in [0.2, 0.25) is 0 Å². The molecule has 0 aliphatic carbocycles. The standard InChI is InChI=1S/C15H17N3O2/c1-19-13-7-5-11(6-8-13)12-3-2-4-14(9-12)20-15-10-16-18-17-15/h2-9,15-18H,10H2,1H3. The number of hydrazine groups is 2. The minimum atomic E-state index is -0.0684. The fourth-order valence-electron chi connectivity index (χ4n) is 2.09. The molecule has 3 rings (SSSR count). The summed E-state index contributed by atoms with van der Waals surface area (Å²) >= 11 is 0. The highest BCUT2D eigenvalue weighted by Gasteiger charge is 2.14. The molecule has 1 saturated heterocycles. The van der Waals surface area contributed by atoms with Gasteiger partial charge in [-0.15, -0.1) is 0 Å². The smallest absolute Gasteiger partial charge is 0.177 e. The summed E-state index contributed by atoms with van der Waals surface area (Å²) in [7, 11) is 1.67. The maximum Gasteiger partial charge on any atom is 0.177 e. The zero-order chi connectivity index (χ0) is 13.8. The van der Waals surface area contributed by atoms with Gasteiger partial charge in [0, 0.05) is 0 Å². The molecule has 2 aromatic carbocycles. The van der Waals surface area contributed by atoms with Crippen LogP contribution >= 0.6 is 0 Å². The summed E-state index contributed by atoms with van der Waals surface area (Å²) in [5, 5.41) is 0. The lowest BCUT2D eigenvalue weighted by Crippen LogP contribution is -2.36. The van der Waals surface area contributed by atoms with Crippen LogP contribution in [0.4, 0.5) is 0 Å². The first-order valence-corrected chi connectivity index (χ1v) is 6.50. The van der Waals surface area contributed by atoms with E-state index in [2.05, 4.69) is 22.5 Å². The van der Waals surface area contributed by atoms with Crippen molar-refractivity contribution in [3.05, 3.63) is 48.5 Å². The summed E-state index contributed by atoms with van der Waals surface area (Å²) in [6.07, 6.45) is -0.0684. The molecule has 104 valence electrons. The van der Waals surface area contributed by atoms with Crippen molar-refractivity contribution in [1.29, 1.82) is 0 Å². The summed E-state index contributed by atoms with van der Waals surface area (Å²) in [4.78, 5) is 0. The predicted molar refractivity (Wildman–Crippen MR) is 77.1 cm³/mol. The maximum atomic E-state index is 5.82. The zero-order valence-electron chi connectivity index (χ0n) is 11.2. The van der Waals surface area contributed by atoms with Crippen LogP contribution in [0.25, 0.3) is 11.1 Å². The Balaban J connectivity index is 1.78. The van der Waals surface area contributed by atoms with Crippen LogP contribution in [0.3, 0.4) is 0 Å². The van der Waals surface area contributed by atoms with Crippen molar-refractivity contribution in [3.8, 4) is 22.6 Å². The highest BCUT2D eigenvalue weighted by atomic mass is 16.5. The Hall–Kier alpha value is -2.08. The first kappa shape index (κ1) is 12.9. The van der Waals surface area contributed by atoms with Gasteiger partial charge in [-0.05, 0) is 35.4 Å². The second kappa shape index (κ2) is 5.92. The number of ether oxygens (including phenoxy) is 2. The van der Waals surface area contributed by atoms with E-state index in [-0.39, 0.29) is 6.23 Å². The molecule has 1 unspecified atom stereocenters. The van der Waals surface area contributed by atoms with Gasteiger partial charge in [-0.25, -0.2) is 10.9 Å². The van der Waals surface area contributed by atoms with Gasteiger partial charge in [0.05, 0.1) is 13.7 Å². The molecule has 5 nitrogen and oxygen atoms in total. The first-order chi connectivity index (χ1) is 9.85. The molecule has 1 aliphatic heterocycles. The van der Waals surface area contributed by atoms with Crippen LogP contribution in [0.2, 0.25) is 0 Å². The molecular weight excluding hydrogens is 254 g/mol. The van der Waals surface area contributed by atoms with E-state index in [1.54, 1.807) is 7.11 Å². The Morgan fingerprint density at radius 1 is 1.00 bits per heavy atom. The van der Waals surface area contributed by atoms with Crippen LogP contribution in [0, 0.1) is 0 Å². The minimum absolute atomic E-state index is 0.0684. The second-order valence-corrected chi connectivity index (χ2v) is 4.51. The topological polar surface area (TPSA) is 54.6 Å². The van der Waals surface area contributed by atoms with Gasteiger partial charge in [0.1, 0.15) is 11.5 Å². The lowest BCUT2D eigenvalue weighted by Gasteiger charge is -2.13. The van der Waals surface area contributed by atoms with Gasteiger partial charge in [-0.1, -0.05) is 24.3 Å². The number of benzene rings is 2. The van der Waals surface area contributed by atoms with Gasteiger partial charge >= 0.3 is 0 Å². The SMILES string of the molecule is COc1ccc(-c2cccc(OC3CNNN3)c2)cc1. The molecular formula is C15H17N3O2. The van der Waals surface area contributed by atoms with Crippen LogP contribution in [0.15, 0.2) is 48.5 Å². The third kappa shape index (κ3) is 2.91. The second-order valence-electron chi connectivity index (χ2n) is 4.51.